The van der Waals surface area contributed by atoms with Gasteiger partial charge in [0.05, 0.1) is 25.8 Å². The Labute approximate surface area is 151 Å². The summed E-state index contributed by atoms with van der Waals surface area (Å²) in [6.45, 7) is 1.34. The van der Waals surface area contributed by atoms with Crippen LogP contribution in [0, 0.1) is 0 Å². The molecule has 3 heterocycles. The molecule has 8 nitrogen and oxygen atoms in total. The second kappa shape index (κ2) is 7.27. The smallest absolute Gasteiger partial charge is 0.241 e. The van der Waals surface area contributed by atoms with Gasteiger partial charge in [0, 0.05) is 31.6 Å². The number of rotatable bonds is 6. The molecule has 1 aliphatic heterocycles. The molecule has 1 unspecified atom stereocenters. The van der Waals surface area contributed by atoms with E-state index in [9.17, 15) is 0 Å². The minimum Gasteiger partial charge on any atom is -0.497 e. The van der Waals surface area contributed by atoms with Crippen LogP contribution in [0.5, 0.6) is 5.75 Å². The number of ether oxygens (including phenoxy) is 2. The molecule has 1 N–H and O–H groups in total. The van der Waals surface area contributed by atoms with Crippen LogP contribution in [-0.4, -0.2) is 51.9 Å². The summed E-state index contributed by atoms with van der Waals surface area (Å²) in [5.41, 5.74) is 0.888. The van der Waals surface area contributed by atoms with E-state index in [-0.39, 0.29) is 12.1 Å². The topological polar surface area (TPSA) is 89.3 Å². The van der Waals surface area contributed by atoms with Gasteiger partial charge in [-0.15, -0.1) is 0 Å². The minimum atomic E-state index is 0.145. The second-order valence-corrected chi connectivity index (χ2v) is 6.25. The lowest BCUT2D eigenvalue weighted by Crippen LogP contribution is -2.25. The molecule has 136 valence electrons. The SMILES string of the molecule is COc1ccc(-c2noc(CN3C[C@H](OC)CC3c3ncc[nH]3)n2)cc1. The Morgan fingerprint density at radius 1 is 1.27 bits per heavy atom. The monoisotopic (exact) mass is 355 g/mol. The molecule has 1 fully saturated rings. The highest BCUT2D eigenvalue weighted by atomic mass is 16.5. The zero-order chi connectivity index (χ0) is 17.9. The van der Waals surface area contributed by atoms with Crippen LogP contribution in [0.15, 0.2) is 41.2 Å². The van der Waals surface area contributed by atoms with E-state index in [1.807, 2.05) is 30.5 Å². The third kappa shape index (κ3) is 3.33. The summed E-state index contributed by atoms with van der Waals surface area (Å²) < 4.78 is 16.2. The number of imidazole rings is 1. The molecule has 2 aromatic heterocycles. The van der Waals surface area contributed by atoms with Crippen molar-refractivity contribution >= 4 is 0 Å². The fourth-order valence-electron chi connectivity index (χ4n) is 3.30. The Morgan fingerprint density at radius 3 is 2.81 bits per heavy atom. The highest BCUT2D eigenvalue weighted by Crippen LogP contribution is 2.32. The lowest BCUT2D eigenvalue weighted by atomic mass is 10.2. The van der Waals surface area contributed by atoms with E-state index in [4.69, 9.17) is 14.0 Å². The van der Waals surface area contributed by atoms with Crippen LogP contribution in [0.1, 0.15) is 24.2 Å². The fourth-order valence-corrected chi connectivity index (χ4v) is 3.30. The molecule has 0 spiro atoms. The summed E-state index contributed by atoms with van der Waals surface area (Å²) in [5, 5.41) is 4.10. The van der Waals surface area contributed by atoms with Crippen molar-refractivity contribution in [3.63, 3.8) is 0 Å². The molecule has 1 aromatic carbocycles. The first-order chi connectivity index (χ1) is 12.8. The van der Waals surface area contributed by atoms with Crippen LogP contribution in [0.4, 0.5) is 0 Å². The molecule has 26 heavy (non-hydrogen) atoms. The summed E-state index contributed by atoms with van der Waals surface area (Å²) in [7, 11) is 3.38. The lowest BCUT2D eigenvalue weighted by Gasteiger charge is -2.20. The molecule has 1 saturated heterocycles. The van der Waals surface area contributed by atoms with Crippen LogP contribution in [-0.2, 0) is 11.3 Å². The van der Waals surface area contributed by atoms with Crippen molar-refractivity contribution < 1.29 is 14.0 Å². The minimum absolute atomic E-state index is 0.145. The molecule has 1 aliphatic rings. The molecule has 0 bridgehead atoms. The normalized spacial score (nSPS) is 20.5. The summed E-state index contributed by atoms with van der Waals surface area (Å²) >= 11 is 0. The quantitative estimate of drug-likeness (QED) is 0.726. The van der Waals surface area contributed by atoms with Crippen molar-refractivity contribution in [2.75, 3.05) is 20.8 Å². The van der Waals surface area contributed by atoms with Gasteiger partial charge in [0.25, 0.3) is 0 Å². The molecule has 0 aliphatic carbocycles. The first-order valence-electron chi connectivity index (χ1n) is 8.50. The molecule has 3 aromatic rings. The maximum Gasteiger partial charge on any atom is 0.241 e. The van der Waals surface area contributed by atoms with Gasteiger partial charge in [0.15, 0.2) is 0 Å². The molecule has 0 saturated carbocycles. The number of methoxy groups -OCH3 is 2. The Kier molecular flexibility index (Phi) is 4.68. The number of hydrogen-bond acceptors (Lipinski definition) is 7. The van der Waals surface area contributed by atoms with Gasteiger partial charge in [-0.2, -0.15) is 4.98 Å². The number of nitrogens with zero attached hydrogens (tertiary/aromatic N) is 4. The van der Waals surface area contributed by atoms with Gasteiger partial charge < -0.3 is 19.0 Å². The third-order valence-corrected chi connectivity index (χ3v) is 4.69. The molecule has 8 heteroatoms. The number of benzene rings is 1. The van der Waals surface area contributed by atoms with Crippen molar-refractivity contribution in [1.29, 1.82) is 0 Å². The van der Waals surface area contributed by atoms with Crippen molar-refractivity contribution in [2.45, 2.75) is 25.1 Å². The Bertz CT molecular complexity index is 831. The lowest BCUT2D eigenvalue weighted by molar-refractivity contribution is 0.105. The third-order valence-electron chi connectivity index (χ3n) is 4.69. The fraction of sp³-hybridized carbons (Fsp3) is 0.389. The largest absolute Gasteiger partial charge is 0.497 e. The predicted octanol–water partition coefficient (Wildman–Crippen LogP) is 2.43. The second-order valence-electron chi connectivity index (χ2n) is 6.25. The first kappa shape index (κ1) is 16.7. The maximum absolute atomic E-state index is 5.54. The number of aromatic nitrogens is 4. The summed E-state index contributed by atoms with van der Waals surface area (Å²) in [6.07, 6.45) is 4.64. The van der Waals surface area contributed by atoms with Gasteiger partial charge in [-0.25, -0.2) is 4.98 Å². The van der Waals surface area contributed by atoms with E-state index in [0.717, 1.165) is 30.1 Å². The molecular weight excluding hydrogens is 334 g/mol. The number of aromatic amines is 1. The molecule has 0 amide bonds. The Balaban J connectivity index is 1.50. The van der Waals surface area contributed by atoms with E-state index in [0.29, 0.717) is 18.3 Å². The van der Waals surface area contributed by atoms with E-state index >= 15 is 0 Å². The van der Waals surface area contributed by atoms with Crippen molar-refractivity contribution in [3.8, 4) is 17.1 Å². The van der Waals surface area contributed by atoms with Gasteiger partial charge in [0.1, 0.15) is 11.6 Å². The van der Waals surface area contributed by atoms with Gasteiger partial charge >= 0.3 is 0 Å². The Morgan fingerprint density at radius 2 is 2.12 bits per heavy atom. The summed E-state index contributed by atoms with van der Waals surface area (Å²) in [5.74, 6) is 2.87. The van der Waals surface area contributed by atoms with Crippen LogP contribution in [0.3, 0.4) is 0 Å². The number of hydrogen-bond donors (Lipinski definition) is 1. The van der Waals surface area contributed by atoms with Crippen LogP contribution in [0.25, 0.3) is 11.4 Å². The zero-order valence-corrected chi connectivity index (χ0v) is 14.8. The predicted molar refractivity (Wildman–Crippen MR) is 93.4 cm³/mol. The number of H-pyrrole nitrogens is 1. The van der Waals surface area contributed by atoms with E-state index < -0.39 is 0 Å². The molecule has 4 rings (SSSR count). The highest BCUT2D eigenvalue weighted by Gasteiger charge is 2.35. The van der Waals surface area contributed by atoms with Crippen LogP contribution >= 0.6 is 0 Å². The molecular formula is C18H21N5O3. The van der Waals surface area contributed by atoms with E-state index in [1.54, 1.807) is 20.4 Å². The Hall–Kier alpha value is -2.71. The van der Waals surface area contributed by atoms with E-state index in [2.05, 4.69) is 25.0 Å². The van der Waals surface area contributed by atoms with Crippen molar-refractivity contribution in [2.24, 2.45) is 0 Å². The van der Waals surface area contributed by atoms with Gasteiger partial charge in [-0.3, -0.25) is 4.90 Å². The number of nitrogens with one attached hydrogen (secondary N) is 1. The first-order valence-corrected chi connectivity index (χ1v) is 8.50. The summed E-state index contributed by atoms with van der Waals surface area (Å²) in [6, 6.07) is 7.72. The van der Waals surface area contributed by atoms with Crippen molar-refractivity contribution in [1.82, 2.24) is 25.0 Å². The average molecular weight is 355 g/mol. The summed E-state index contributed by atoms with van der Waals surface area (Å²) in [4.78, 5) is 14.4. The zero-order valence-electron chi connectivity index (χ0n) is 14.8. The highest BCUT2D eigenvalue weighted by molar-refractivity contribution is 5.55. The van der Waals surface area contributed by atoms with E-state index in [1.165, 1.54) is 0 Å². The van der Waals surface area contributed by atoms with Crippen LogP contribution in [0.2, 0.25) is 0 Å². The standard InChI is InChI=1S/C18H21N5O3/c1-24-13-5-3-12(4-6-13)17-21-16(26-22-17)11-23-10-14(25-2)9-15(23)18-19-7-8-20-18/h3-8,14-15H,9-11H2,1-2H3,(H,19,20)/t14-,15?/m1/s1. The molecule has 2 atom stereocenters. The van der Waals surface area contributed by atoms with Crippen LogP contribution < -0.4 is 4.74 Å². The molecule has 0 radical (unpaired) electrons. The maximum atomic E-state index is 5.54. The average Bonchev–Trinajstić information content (AvgIpc) is 3.42. The van der Waals surface area contributed by atoms with Crippen molar-refractivity contribution in [3.05, 3.63) is 48.4 Å². The van der Waals surface area contributed by atoms with Gasteiger partial charge in [0.2, 0.25) is 11.7 Å². The van der Waals surface area contributed by atoms with Gasteiger partial charge in [-0.05, 0) is 30.7 Å². The number of likely N-dealkylation sites (tertiary alicyclic amines) is 1. The van der Waals surface area contributed by atoms with Gasteiger partial charge in [-0.1, -0.05) is 5.16 Å².